The number of nitrogens with zero attached hydrogens (tertiary/aromatic N) is 1. The molecule has 4 rings (SSSR count). The van der Waals surface area contributed by atoms with Crippen molar-refractivity contribution >= 4 is 54.9 Å². The Bertz CT molecular complexity index is 1280. The monoisotopic (exact) mass is 444 g/mol. The van der Waals surface area contributed by atoms with Crippen molar-refractivity contribution in [2.75, 3.05) is 0 Å². The van der Waals surface area contributed by atoms with Crippen molar-refractivity contribution in [1.82, 2.24) is 10.3 Å². The number of thiazole rings is 1. The van der Waals surface area contributed by atoms with Crippen LogP contribution in [-0.4, -0.2) is 27.5 Å². The van der Waals surface area contributed by atoms with E-state index in [1.54, 1.807) is 6.07 Å². The molecule has 0 aliphatic heterocycles. The van der Waals surface area contributed by atoms with Gasteiger partial charge in [0.1, 0.15) is 27.8 Å². The van der Waals surface area contributed by atoms with Crippen molar-refractivity contribution < 1.29 is 23.8 Å². The Hall–Kier alpha value is -3.04. The molecule has 0 bridgehead atoms. The minimum absolute atomic E-state index is 0.101. The minimum Gasteiger partial charge on any atom is -0.484 e. The van der Waals surface area contributed by atoms with Gasteiger partial charge in [-0.3, -0.25) is 4.79 Å². The molecule has 0 radical (unpaired) electrons. The van der Waals surface area contributed by atoms with Crippen LogP contribution in [0.25, 0.3) is 20.3 Å². The molecule has 2 heterocycles. The molecule has 1 amide bonds. The largest absolute Gasteiger partial charge is 0.484 e. The molecular formula is C21H17FN2O4S2. The molecular weight excluding hydrogens is 427 g/mol. The maximum Gasteiger partial charge on any atom is 0.328 e. The number of benzene rings is 2. The average Bonchev–Trinajstić information content (AvgIpc) is 3.26. The first-order valence-electron chi connectivity index (χ1n) is 9.00. The summed E-state index contributed by atoms with van der Waals surface area (Å²) in [7, 11) is 0. The van der Waals surface area contributed by atoms with Gasteiger partial charge in [0.15, 0.2) is 5.75 Å². The molecule has 9 heteroatoms. The summed E-state index contributed by atoms with van der Waals surface area (Å²) < 4.78 is 21.1. The molecule has 0 saturated carbocycles. The molecule has 0 fully saturated rings. The Morgan fingerprint density at radius 3 is 2.70 bits per heavy atom. The van der Waals surface area contributed by atoms with Crippen LogP contribution in [0.1, 0.15) is 28.5 Å². The normalized spacial score (nSPS) is 11.7. The van der Waals surface area contributed by atoms with Crippen molar-refractivity contribution in [2.24, 2.45) is 0 Å². The highest BCUT2D eigenvalue weighted by atomic mass is 32.1. The zero-order chi connectivity index (χ0) is 21.5. The number of hydrogen-bond donors (Lipinski definition) is 2. The van der Waals surface area contributed by atoms with Crippen LogP contribution < -0.4 is 10.1 Å². The number of carbonyl (C=O) groups excluding carboxylic acids is 1. The van der Waals surface area contributed by atoms with E-state index in [2.05, 4.69) is 10.3 Å². The van der Waals surface area contributed by atoms with E-state index in [9.17, 15) is 19.1 Å². The summed E-state index contributed by atoms with van der Waals surface area (Å²) in [4.78, 5) is 28.9. The Labute approximate surface area is 178 Å². The third-order valence-corrected chi connectivity index (χ3v) is 6.61. The van der Waals surface area contributed by atoms with Gasteiger partial charge in [0.2, 0.25) is 0 Å². The number of carbonyl (C=O) groups is 2. The van der Waals surface area contributed by atoms with Gasteiger partial charge in [0, 0.05) is 16.2 Å². The fourth-order valence-electron chi connectivity index (χ4n) is 2.85. The molecule has 0 aliphatic rings. The molecule has 2 aromatic heterocycles. The summed E-state index contributed by atoms with van der Waals surface area (Å²) in [6.07, 6.45) is 0. The second kappa shape index (κ2) is 7.66. The molecule has 6 nitrogen and oxygen atoms in total. The van der Waals surface area contributed by atoms with Gasteiger partial charge in [-0.2, -0.15) is 0 Å². The zero-order valence-electron chi connectivity index (χ0n) is 16.1. The maximum absolute atomic E-state index is 13.4. The van der Waals surface area contributed by atoms with Crippen LogP contribution >= 0.6 is 22.7 Å². The van der Waals surface area contributed by atoms with Crippen molar-refractivity contribution in [2.45, 2.75) is 26.0 Å². The van der Waals surface area contributed by atoms with Gasteiger partial charge < -0.3 is 15.2 Å². The number of aromatic nitrogens is 1. The lowest BCUT2D eigenvalue weighted by molar-refractivity contribution is -0.143. The van der Waals surface area contributed by atoms with E-state index in [1.807, 2.05) is 24.3 Å². The van der Waals surface area contributed by atoms with E-state index < -0.39 is 17.4 Å². The fourth-order valence-corrected chi connectivity index (χ4v) is 4.76. The smallest absolute Gasteiger partial charge is 0.328 e. The van der Waals surface area contributed by atoms with E-state index in [-0.39, 0.29) is 17.3 Å². The molecule has 2 N–H and O–H groups in total. The first-order chi connectivity index (χ1) is 14.2. The van der Waals surface area contributed by atoms with Crippen LogP contribution in [0, 0.1) is 5.82 Å². The van der Waals surface area contributed by atoms with Crippen LogP contribution in [0.15, 0.2) is 42.5 Å². The number of halogens is 1. The Kier molecular flexibility index (Phi) is 5.17. The third kappa shape index (κ3) is 3.86. The summed E-state index contributed by atoms with van der Waals surface area (Å²) in [6.45, 7) is 2.94. The number of aliphatic carboxylic acids is 1. The van der Waals surface area contributed by atoms with Gasteiger partial charge in [0.05, 0.1) is 10.2 Å². The highest BCUT2D eigenvalue weighted by Crippen LogP contribution is 2.38. The van der Waals surface area contributed by atoms with Crippen molar-refractivity contribution in [3.05, 3.63) is 58.2 Å². The lowest BCUT2D eigenvalue weighted by atomic mass is 10.1. The zero-order valence-corrected chi connectivity index (χ0v) is 17.7. The first kappa shape index (κ1) is 20.2. The topological polar surface area (TPSA) is 88.5 Å². The first-order valence-corrected chi connectivity index (χ1v) is 10.6. The summed E-state index contributed by atoms with van der Waals surface area (Å²) >= 11 is 2.61. The highest BCUT2D eigenvalue weighted by molar-refractivity contribution is 7.21. The Balaban J connectivity index is 1.65. The summed E-state index contributed by atoms with van der Waals surface area (Å²) in [5.41, 5.74) is -0.878. The van der Waals surface area contributed by atoms with Gasteiger partial charge in [-0.25, -0.2) is 14.2 Å². The van der Waals surface area contributed by atoms with Gasteiger partial charge in [-0.1, -0.05) is 12.1 Å². The lowest BCUT2D eigenvalue weighted by Gasteiger charge is -2.20. The second-order valence-electron chi connectivity index (χ2n) is 7.15. The van der Waals surface area contributed by atoms with E-state index in [1.165, 1.54) is 48.7 Å². The van der Waals surface area contributed by atoms with Gasteiger partial charge in [0.25, 0.3) is 5.91 Å². The maximum atomic E-state index is 13.4. The van der Waals surface area contributed by atoms with Crippen molar-refractivity contribution in [3.8, 4) is 5.75 Å². The number of carboxylic acid groups (broad SMARTS) is 1. The number of thiophene rings is 1. The molecule has 0 unspecified atom stereocenters. The predicted molar refractivity (Wildman–Crippen MR) is 115 cm³/mol. The SMILES string of the molecule is CC(C)(NC(=O)c1sc2ccccc2c1OCc1nc2cc(F)ccc2s1)C(=O)O. The van der Waals surface area contributed by atoms with E-state index in [0.717, 1.165) is 14.8 Å². The summed E-state index contributed by atoms with van der Waals surface area (Å²) in [6, 6.07) is 11.8. The molecule has 2 aromatic carbocycles. The average molecular weight is 445 g/mol. The van der Waals surface area contributed by atoms with E-state index in [4.69, 9.17) is 4.74 Å². The number of rotatable bonds is 6. The number of ether oxygens (including phenoxy) is 1. The summed E-state index contributed by atoms with van der Waals surface area (Å²) in [5, 5.41) is 13.2. The second-order valence-corrected chi connectivity index (χ2v) is 9.32. The lowest BCUT2D eigenvalue weighted by Crippen LogP contribution is -2.49. The summed E-state index contributed by atoms with van der Waals surface area (Å²) in [5.74, 6) is -1.64. The number of fused-ring (bicyclic) bond motifs is 2. The molecule has 30 heavy (non-hydrogen) atoms. The quantitative estimate of drug-likeness (QED) is 0.445. The molecule has 0 saturated heterocycles. The van der Waals surface area contributed by atoms with Crippen LogP contribution in [0.3, 0.4) is 0 Å². The van der Waals surface area contributed by atoms with Gasteiger partial charge in [-0.15, -0.1) is 22.7 Å². The minimum atomic E-state index is -1.43. The molecule has 0 aliphatic carbocycles. The van der Waals surface area contributed by atoms with Crippen LogP contribution in [-0.2, 0) is 11.4 Å². The molecule has 0 atom stereocenters. The Morgan fingerprint density at radius 1 is 1.17 bits per heavy atom. The van der Waals surface area contributed by atoms with Crippen LogP contribution in [0.2, 0.25) is 0 Å². The Morgan fingerprint density at radius 2 is 1.93 bits per heavy atom. The van der Waals surface area contributed by atoms with Crippen LogP contribution in [0.4, 0.5) is 4.39 Å². The van der Waals surface area contributed by atoms with Crippen molar-refractivity contribution in [1.29, 1.82) is 0 Å². The number of nitrogens with one attached hydrogen (secondary N) is 1. The third-order valence-electron chi connectivity index (χ3n) is 4.45. The van der Waals surface area contributed by atoms with Gasteiger partial charge in [-0.05, 0) is 38.1 Å². The molecule has 0 spiro atoms. The predicted octanol–water partition coefficient (Wildman–Crippen LogP) is 4.82. The van der Waals surface area contributed by atoms with Crippen molar-refractivity contribution in [3.63, 3.8) is 0 Å². The molecule has 4 aromatic rings. The number of carboxylic acids is 1. The van der Waals surface area contributed by atoms with Crippen LogP contribution in [0.5, 0.6) is 5.75 Å². The molecule has 154 valence electrons. The van der Waals surface area contributed by atoms with Gasteiger partial charge >= 0.3 is 5.97 Å². The fraction of sp³-hybridized carbons (Fsp3) is 0.190. The number of hydrogen-bond acceptors (Lipinski definition) is 6. The van der Waals surface area contributed by atoms with E-state index >= 15 is 0 Å². The standard InChI is InChI=1S/C21H17FN2O4S2/c1-21(2,20(26)27)24-19(25)18-17(12-5-3-4-6-14(12)30-18)28-10-16-23-13-9-11(22)7-8-15(13)29-16/h3-9H,10H2,1-2H3,(H,24,25)(H,26,27). The van der Waals surface area contributed by atoms with E-state index in [0.29, 0.717) is 16.3 Å². The number of amides is 1. The highest BCUT2D eigenvalue weighted by Gasteiger charge is 2.31.